The SMILES string of the molecule is O=C(O)/C=C/CNCCCOc1ccccc1. The Kier molecular flexibility index (Phi) is 6.51. The van der Waals surface area contributed by atoms with Crippen molar-refractivity contribution in [3.8, 4) is 5.75 Å². The van der Waals surface area contributed by atoms with Crippen molar-refractivity contribution in [2.45, 2.75) is 6.42 Å². The van der Waals surface area contributed by atoms with Gasteiger partial charge in [-0.1, -0.05) is 24.3 Å². The van der Waals surface area contributed by atoms with E-state index < -0.39 is 5.97 Å². The standard InChI is InChI=1S/C13H17NO3/c15-13(16)8-4-9-14-10-5-11-17-12-6-2-1-3-7-12/h1-4,6-8,14H,5,9-11H2,(H,15,16)/b8-4+. The molecule has 1 rings (SSSR count). The Labute approximate surface area is 101 Å². The lowest BCUT2D eigenvalue weighted by atomic mass is 10.3. The molecule has 0 aliphatic carbocycles. The fraction of sp³-hybridized carbons (Fsp3) is 0.308. The van der Waals surface area contributed by atoms with E-state index in [0.717, 1.165) is 24.8 Å². The Morgan fingerprint density at radius 2 is 2.12 bits per heavy atom. The first-order chi connectivity index (χ1) is 8.29. The van der Waals surface area contributed by atoms with Gasteiger partial charge in [0.25, 0.3) is 0 Å². The second-order valence-corrected chi connectivity index (χ2v) is 3.46. The van der Waals surface area contributed by atoms with Crippen LogP contribution in [-0.4, -0.2) is 30.8 Å². The molecule has 0 radical (unpaired) electrons. The van der Waals surface area contributed by atoms with Gasteiger partial charge in [0.2, 0.25) is 0 Å². The molecule has 0 fully saturated rings. The number of rotatable bonds is 8. The topological polar surface area (TPSA) is 58.6 Å². The zero-order chi connectivity index (χ0) is 12.3. The zero-order valence-corrected chi connectivity index (χ0v) is 9.63. The normalized spacial score (nSPS) is 10.6. The summed E-state index contributed by atoms with van der Waals surface area (Å²) in [6.07, 6.45) is 3.60. The van der Waals surface area contributed by atoms with E-state index >= 15 is 0 Å². The van der Waals surface area contributed by atoms with Gasteiger partial charge in [0, 0.05) is 12.6 Å². The van der Waals surface area contributed by atoms with Gasteiger partial charge in [-0.3, -0.25) is 0 Å². The molecule has 0 atom stereocenters. The number of hydrogen-bond acceptors (Lipinski definition) is 3. The first kappa shape index (κ1) is 13.3. The monoisotopic (exact) mass is 235 g/mol. The molecule has 0 unspecified atom stereocenters. The summed E-state index contributed by atoms with van der Waals surface area (Å²) < 4.78 is 5.50. The zero-order valence-electron chi connectivity index (χ0n) is 9.63. The Morgan fingerprint density at radius 1 is 1.35 bits per heavy atom. The molecule has 0 aromatic heterocycles. The van der Waals surface area contributed by atoms with E-state index in [4.69, 9.17) is 9.84 Å². The smallest absolute Gasteiger partial charge is 0.328 e. The summed E-state index contributed by atoms with van der Waals surface area (Å²) in [6, 6.07) is 9.66. The predicted molar refractivity (Wildman–Crippen MR) is 66.2 cm³/mol. The summed E-state index contributed by atoms with van der Waals surface area (Å²) in [5, 5.41) is 11.4. The minimum absolute atomic E-state index is 0.567. The van der Waals surface area contributed by atoms with E-state index in [9.17, 15) is 4.79 Å². The third kappa shape index (κ3) is 7.14. The highest BCUT2D eigenvalue weighted by atomic mass is 16.5. The summed E-state index contributed by atoms with van der Waals surface area (Å²) in [6.45, 7) is 2.02. The summed E-state index contributed by atoms with van der Waals surface area (Å²) in [5.41, 5.74) is 0. The number of para-hydroxylation sites is 1. The van der Waals surface area contributed by atoms with Gasteiger partial charge in [-0.2, -0.15) is 0 Å². The highest BCUT2D eigenvalue weighted by Gasteiger charge is 1.91. The maximum atomic E-state index is 10.2. The van der Waals surface area contributed by atoms with Crippen molar-refractivity contribution in [2.24, 2.45) is 0 Å². The third-order valence-corrected chi connectivity index (χ3v) is 2.03. The van der Waals surface area contributed by atoms with Crippen molar-refractivity contribution in [1.29, 1.82) is 0 Å². The number of benzene rings is 1. The van der Waals surface area contributed by atoms with Crippen LogP contribution in [0.5, 0.6) is 5.75 Å². The van der Waals surface area contributed by atoms with Crippen LogP contribution in [0.15, 0.2) is 42.5 Å². The highest BCUT2D eigenvalue weighted by molar-refractivity contribution is 5.79. The summed E-state index contributed by atoms with van der Waals surface area (Å²) in [5.74, 6) is -0.0440. The van der Waals surface area contributed by atoms with Crippen molar-refractivity contribution >= 4 is 5.97 Å². The van der Waals surface area contributed by atoms with E-state index in [-0.39, 0.29) is 0 Å². The average Bonchev–Trinajstić information content (AvgIpc) is 2.33. The second-order valence-electron chi connectivity index (χ2n) is 3.46. The Morgan fingerprint density at radius 3 is 2.82 bits per heavy atom. The van der Waals surface area contributed by atoms with Crippen LogP contribution >= 0.6 is 0 Å². The Hall–Kier alpha value is -1.81. The molecule has 2 N–H and O–H groups in total. The van der Waals surface area contributed by atoms with Gasteiger partial charge in [-0.25, -0.2) is 4.79 Å². The predicted octanol–water partition coefficient (Wildman–Crippen LogP) is 1.69. The van der Waals surface area contributed by atoms with Crippen molar-refractivity contribution in [3.05, 3.63) is 42.5 Å². The number of aliphatic carboxylic acids is 1. The van der Waals surface area contributed by atoms with Crippen LogP contribution in [0.2, 0.25) is 0 Å². The minimum atomic E-state index is -0.917. The van der Waals surface area contributed by atoms with E-state index in [1.165, 1.54) is 0 Å². The number of hydrogen-bond donors (Lipinski definition) is 2. The number of nitrogens with one attached hydrogen (secondary N) is 1. The number of carboxylic acids is 1. The second kappa shape index (κ2) is 8.35. The Balaban J connectivity index is 1.96. The molecule has 4 nitrogen and oxygen atoms in total. The van der Waals surface area contributed by atoms with E-state index in [0.29, 0.717) is 13.2 Å². The van der Waals surface area contributed by atoms with Crippen molar-refractivity contribution in [3.63, 3.8) is 0 Å². The van der Waals surface area contributed by atoms with E-state index in [1.807, 2.05) is 30.3 Å². The fourth-order valence-electron chi connectivity index (χ4n) is 1.25. The molecule has 0 aliphatic rings. The molecule has 0 aliphatic heterocycles. The van der Waals surface area contributed by atoms with Crippen LogP contribution in [0.4, 0.5) is 0 Å². The molecule has 1 aromatic rings. The molecule has 0 spiro atoms. The third-order valence-electron chi connectivity index (χ3n) is 2.03. The lowest BCUT2D eigenvalue weighted by molar-refractivity contribution is -0.131. The van der Waals surface area contributed by atoms with E-state index in [1.54, 1.807) is 6.08 Å². The van der Waals surface area contributed by atoms with Crippen molar-refractivity contribution < 1.29 is 14.6 Å². The van der Waals surface area contributed by atoms with Gasteiger partial charge in [0.05, 0.1) is 6.61 Å². The van der Waals surface area contributed by atoms with Crippen LogP contribution in [0, 0.1) is 0 Å². The molecule has 0 saturated carbocycles. The minimum Gasteiger partial charge on any atom is -0.494 e. The van der Waals surface area contributed by atoms with Gasteiger partial charge in [0.1, 0.15) is 5.75 Å². The molecule has 4 heteroatoms. The molecule has 0 saturated heterocycles. The molecule has 1 aromatic carbocycles. The van der Waals surface area contributed by atoms with Crippen LogP contribution in [0.25, 0.3) is 0 Å². The first-order valence-electron chi connectivity index (χ1n) is 5.57. The average molecular weight is 235 g/mol. The lowest BCUT2D eigenvalue weighted by Gasteiger charge is -2.05. The van der Waals surface area contributed by atoms with Crippen LogP contribution < -0.4 is 10.1 Å². The fourth-order valence-corrected chi connectivity index (χ4v) is 1.25. The van der Waals surface area contributed by atoms with Gasteiger partial charge in [-0.05, 0) is 25.1 Å². The summed E-state index contributed by atoms with van der Waals surface area (Å²) in [7, 11) is 0. The van der Waals surface area contributed by atoms with Crippen LogP contribution in [-0.2, 0) is 4.79 Å². The number of ether oxygens (including phenoxy) is 1. The molecular weight excluding hydrogens is 218 g/mol. The van der Waals surface area contributed by atoms with Gasteiger partial charge < -0.3 is 15.2 Å². The molecule has 0 heterocycles. The van der Waals surface area contributed by atoms with Crippen molar-refractivity contribution in [2.75, 3.05) is 19.7 Å². The maximum Gasteiger partial charge on any atom is 0.328 e. The summed E-state index contributed by atoms with van der Waals surface area (Å²) >= 11 is 0. The largest absolute Gasteiger partial charge is 0.494 e. The lowest BCUT2D eigenvalue weighted by Crippen LogP contribution is -2.17. The van der Waals surface area contributed by atoms with Crippen LogP contribution in [0.3, 0.4) is 0 Å². The molecule has 0 amide bonds. The first-order valence-corrected chi connectivity index (χ1v) is 5.57. The quantitative estimate of drug-likeness (QED) is 0.531. The number of carbonyl (C=O) groups is 1. The highest BCUT2D eigenvalue weighted by Crippen LogP contribution is 2.07. The van der Waals surface area contributed by atoms with Gasteiger partial charge >= 0.3 is 5.97 Å². The molecule has 0 bridgehead atoms. The maximum absolute atomic E-state index is 10.2. The van der Waals surface area contributed by atoms with Crippen LogP contribution in [0.1, 0.15) is 6.42 Å². The molecule has 17 heavy (non-hydrogen) atoms. The molecule has 92 valence electrons. The summed E-state index contributed by atoms with van der Waals surface area (Å²) in [4.78, 5) is 10.2. The van der Waals surface area contributed by atoms with Crippen molar-refractivity contribution in [1.82, 2.24) is 5.32 Å². The molecular formula is C13H17NO3. The van der Waals surface area contributed by atoms with Gasteiger partial charge in [0.15, 0.2) is 0 Å². The number of carboxylic acid groups (broad SMARTS) is 1. The van der Waals surface area contributed by atoms with Gasteiger partial charge in [-0.15, -0.1) is 0 Å². The van der Waals surface area contributed by atoms with E-state index in [2.05, 4.69) is 5.32 Å². The Bertz CT molecular complexity index is 349.